The van der Waals surface area contributed by atoms with Crippen molar-refractivity contribution in [2.75, 3.05) is 13.2 Å². The summed E-state index contributed by atoms with van der Waals surface area (Å²) in [4.78, 5) is 24.9. The Balaban J connectivity index is 2.31. The summed E-state index contributed by atoms with van der Waals surface area (Å²) >= 11 is 0. The molecule has 0 aliphatic carbocycles. The van der Waals surface area contributed by atoms with Gasteiger partial charge in [0.2, 0.25) is 5.54 Å². The standard InChI is InChI=1S/C15H17F3N2O3/c16-15(17,18)14(11-7-3-1-4-8-11)12(22)20(13(23)19-14)9-5-2-6-10-21/h1,3-4,7-8,21H,2,5-6,9-10H2,(H,19,23). The molecule has 3 amide bonds. The molecule has 2 N–H and O–H groups in total. The molecule has 0 saturated carbocycles. The van der Waals surface area contributed by atoms with Gasteiger partial charge in [0.05, 0.1) is 0 Å². The molecule has 1 fully saturated rings. The number of carbonyl (C=O) groups is 2. The van der Waals surface area contributed by atoms with Gasteiger partial charge in [0, 0.05) is 13.2 Å². The molecule has 8 heteroatoms. The highest BCUT2D eigenvalue weighted by Crippen LogP contribution is 2.43. The molecule has 1 aliphatic heterocycles. The Labute approximate surface area is 131 Å². The molecule has 1 atom stereocenters. The minimum Gasteiger partial charge on any atom is -0.396 e. The fraction of sp³-hybridized carbons (Fsp3) is 0.467. The van der Waals surface area contributed by atoms with Crippen molar-refractivity contribution in [1.29, 1.82) is 0 Å². The first-order chi connectivity index (χ1) is 10.8. The van der Waals surface area contributed by atoms with E-state index in [1.165, 1.54) is 30.3 Å². The van der Waals surface area contributed by atoms with E-state index in [2.05, 4.69) is 0 Å². The van der Waals surface area contributed by atoms with E-state index in [1.54, 1.807) is 0 Å². The lowest BCUT2D eigenvalue weighted by Crippen LogP contribution is -2.55. The maximum atomic E-state index is 13.6. The zero-order chi connectivity index (χ0) is 17.1. The molecule has 2 rings (SSSR count). The summed E-state index contributed by atoms with van der Waals surface area (Å²) in [6.45, 7) is -0.161. The van der Waals surface area contributed by atoms with Crippen molar-refractivity contribution in [3.05, 3.63) is 35.9 Å². The third kappa shape index (κ3) is 3.03. The van der Waals surface area contributed by atoms with E-state index in [1.807, 2.05) is 5.32 Å². The average Bonchev–Trinajstić information content (AvgIpc) is 2.77. The van der Waals surface area contributed by atoms with Gasteiger partial charge in [-0.3, -0.25) is 9.69 Å². The molecule has 1 aromatic rings. The molecular weight excluding hydrogens is 313 g/mol. The third-order valence-electron chi connectivity index (χ3n) is 3.78. The van der Waals surface area contributed by atoms with Crippen LogP contribution in [0.2, 0.25) is 0 Å². The second-order valence-electron chi connectivity index (χ2n) is 5.28. The molecule has 0 bridgehead atoms. The number of halogens is 3. The van der Waals surface area contributed by atoms with Gasteiger partial charge in [-0.15, -0.1) is 0 Å². The first kappa shape index (κ1) is 17.3. The van der Waals surface area contributed by atoms with Gasteiger partial charge in [0.1, 0.15) is 0 Å². The number of aliphatic hydroxyl groups excluding tert-OH is 1. The number of benzene rings is 1. The van der Waals surface area contributed by atoms with Crippen LogP contribution in [-0.4, -0.2) is 41.3 Å². The molecule has 1 aliphatic rings. The summed E-state index contributed by atoms with van der Waals surface area (Å²) in [5.41, 5.74) is -3.36. The number of unbranched alkanes of at least 4 members (excludes halogenated alkanes) is 2. The van der Waals surface area contributed by atoms with Crippen molar-refractivity contribution in [2.24, 2.45) is 0 Å². The molecule has 0 radical (unpaired) electrons. The van der Waals surface area contributed by atoms with Crippen LogP contribution in [0, 0.1) is 0 Å². The van der Waals surface area contributed by atoms with Gasteiger partial charge >= 0.3 is 12.2 Å². The molecular formula is C15H17F3N2O3. The predicted octanol–water partition coefficient (Wildman–Crippen LogP) is 2.16. The highest BCUT2D eigenvalue weighted by molar-refractivity contribution is 6.08. The number of hydrogen-bond acceptors (Lipinski definition) is 3. The van der Waals surface area contributed by atoms with E-state index in [4.69, 9.17) is 5.11 Å². The largest absolute Gasteiger partial charge is 0.425 e. The van der Waals surface area contributed by atoms with Crippen molar-refractivity contribution < 1.29 is 27.9 Å². The van der Waals surface area contributed by atoms with Crippen LogP contribution in [0.1, 0.15) is 24.8 Å². The summed E-state index contributed by atoms with van der Waals surface area (Å²) in [6, 6.07) is 5.57. The number of urea groups is 1. The number of alkyl halides is 3. The van der Waals surface area contributed by atoms with E-state index in [0.29, 0.717) is 24.2 Å². The SMILES string of the molecule is O=C1NC(c2ccccc2)(C(F)(F)F)C(=O)N1CCCCCO. The first-order valence-electron chi connectivity index (χ1n) is 7.22. The molecule has 126 valence electrons. The lowest BCUT2D eigenvalue weighted by molar-refractivity contribution is -0.198. The Morgan fingerprint density at radius 3 is 2.30 bits per heavy atom. The van der Waals surface area contributed by atoms with Crippen LogP contribution in [0.4, 0.5) is 18.0 Å². The average molecular weight is 330 g/mol. The Morgan fingerprint density at radius 2 is 1.74 bits per heavy atom. The number of hydrogen-bond donors (Lipinski definition) is 2. The topological polar surface area (TPSA) is 69.6 Å². The lowest BCUT2D eigenvalue weighted by Gasteiger charge is -2.29. The summed E-state index contributed by atoms with van der Waals surface area (Å²) in [5, 5.41) is 10.5. The Bertz CT molecular complexity index is 577. The molecule has 1 heterocycles. The van der Waals surface area contributed by atoms with E-state index in [9.17, 15) is 22.8 Å². The van der Waals surface area contributed by atoms with Crippen molar-refractivity contribution in [2.45, 2.75) is 31.0 Å². The van der Waals surface area contributed by atoms with Crippen molar-refractivity contribution >= 4 is 11.9 Å². The second-order valence-corrected chi connectivity index (χ2v) is 5.28. The van der Waals surface area contributed by atoms with Crippen molar-refractivity contribution in [1.82, 2.24) is 10.2 Å². The second kappa shape index (κ2) is 6.57. The normalized spacial score (nSPS) is 21.7. The van der Waals surface area contributed by atoms with Gasteiger partial charge in [-0.25, -0.2) is 4.79 Å². The molecule has 1 saturated heterocycles. The van der Waals surface area contributed by atoms with E-state index in [-0.39, 0.29) is 18.7 Å². The smallest absolute Gasteiger partial charge is 0.396 e. The minimum atomic E-state index is -4.96. The molecule has 1 aromatic carbocycles. The number of amides is 3. The number of rotatable bonds is 6. The highest BCUT2D eigenvalue weighted by Gasteiger charge is 2.68. The summed E-state index contributed by atoms with van der Waals surface area (Å²) in [7, 11) is 0. The fourth-order valence-corrected chi connectivity index (χ4v) is 2.58. The van der Waals surface area contributed by atoms with Gasteiger partial charge in [-0.2, -0.15) is 13.2 Å². The van der Waals surface area contributed by atoms with Crippen LogP contribution in [0.15, 0.2) is 30.3 Å². The fourth-order valence-electron chi connectivity index (χ4n) is 2.58. The molecule has 5 nitrogen and oxygen atoms in total. The number of aliphatic hydroxyl groups is 1. The van der Waals surface area contributed by atoms with Crippen LogP contribution in [-0.2, 0) is 10.3 Å². The number of nitrogens with one attached hydrogen (secondary N) is 1. The van der Waals surface area contributed by atoms with Crippen LogP contribution in [0.25, 0.3) is 0 Å². The van der Waals surface area contributed by atoms with Crippen LogP contribution >= 0.6 is 0 Å². The van der Waals surface area contributed by atoms with E-state index in [0.717, 1.165) is 0 Å². The number of carbonyl (C=O) groups excluding carboxylic acids is 2. The van der Waals surface area contributed by atoms with Crippen LogP contribution in [0.5, 0.6) is 0 Å². The summed E-state index contributed by atoms with van der Waals surface area (Å²) < 4.78 is 40.9. The summed E-state index contributed by atoms with van der Waals surface area (Å²) in [5.74, 6) is -1.31. The Hall–Kier alpha value is -2.09. The van der Waals surface area contributed by atoms with Gasteiger partial charge < -0.3 is 10.4 Å². The molecule has 0 spiro atoms. The Morgan fingerprint density at radius 1 is 1.09 bits per heavy atom. The third-order valence-corrected chi connectivity index (χ3v) is 3.78. The number of imide groups is 1. The highest BCUT2D eigenvalue weighted by atomic mass is 19.4. The zero-order valence-electron chi connectivity index (χ0n) is 12.3. The summed E-state index contributed by atoms with van der Waals surface area (Å²) in [6.07, 6.45) is -3.64. The molecule has 23 heavy (non-hydrogen) atoms. The zero-order valence-corrected chi connectivity index (χ0v) is 12.3. The van der Waals surface area contributed by atoms with E-state index < -0.39 is 23.7 Å². The maximum Gasteiger partial charge on any atom is 0.425 e. The van der Waals surface area contributed by atoms with Gasteiger partial charge in [-0.05, 0) is 24.8 Å². The minimum absolute atomic E-state index is 0.0450. The predicted molar refractivity (Wildman–Crippen MR) is 75.4 cm³/mol. The maximum absolute atomic E-state index is 13.6. The van der Waals surface area contributed by atoms with Gasteiger partial charge in [-0.1, -0.05) is 30.3 Å². The van der Waals surface area contributed by atoms with Crippen LogP contribution in [0.3, 0.4) is 0 Å². The lowest BCUT2D eigenvalue weighted by atomic mass is 9.89. The quantitative estimate of drug-likeness (QED) is 0.620. The number of nitrogens with zero attached hydrogens (tertiary/aromatic N) is 1. The van der Waals surface area contributed by atoms with Crippen LogP contribution < -0.4 is 5.32 Å². The Kier molecular flexibility index (Phi) is 4.93. The van der Waals surface area contributed by atoms with Gasteiger partial charge in [0.15, 0.2) is 0 Å². The van der Waals surface area contributed by atoms with Gasteiger partial charge in [0.25, 0.3) is 5.91 Å². The first-order valence-corrected chi connectivity index (χ1v) is 7.22. The van der Waals surface area contributed by atoms with Crippen molar-refractivity contribution in [3.63, 3.8) is 0 Å². The van der Waals surface area contributed by atoms with E-state index >= 15 is 0 Å². The monoisotopic (exact) mass is 330 g/mol. The molecule has 0 aromatic heterocycles. The van der Waals surface area contributed by atoms with Crippen molar-refractivity contribution in [3.8, 4) is 0 Å². The molecule has 1 unspecified atom stereocenters.